The number of amides is 1. The van der Waals surface area contributed by atoms with E-state index in [1.165, 1.54) is 15.5 Å². The van der Waals surface area contributed by atoms with Gasteiger partial charge in [-0.05, 0) is 25.1 Å². The Morgan fingerprint density at radius 2 is 1.93 bits per heavy atom. The maximum absolute atomic E-state index is 13.9. The molecule has 0 saturated heterocycles. The summed E-state index contributed by atoms with van der Waals surface area (Å²) in [5, 5.41) is 4.92. The van der Waals surface area contributed by atoms with Crippen LogP contribution in [0.3, 0.4) is 0 Å². The van der Waals surface area contributed by atoms with Gasteiger partial charge in [0.05, 0.1) is 10.7 Å². The van der Waals surface area contributed by atoms with Gasteiger partial charge in [0, 0.05) is 24.7 Å². The minimum absolute atomic E-state index is 0.111. The van der Waals surface area contributed by atoms with Gasteiger partial charge in [0.15, 0.2) is 5.82 Å². The van der Waals surface area contributed by atoms with Gasteiger partial charge in [-0.15, -0.1) is 5.10 Å². The van der Waals surface area contributed by atoms with Gasteiger partial charge in [0.2, 0.25) is 5.76 Å². The number of aryl methyl sites for hydroxylation is 1. The molecular weight excluding hydrogens is 383 g/mol. The van der Waals surface area contributed by atoms with Gasteiger partial charge in [-0.3, -0.25) is 4.79 Å². The Morgan fingerprint density at radius 1 is 1.21 bits per heavy atom. The SMILES string of the molecule is Cc1c(C(=O)N(C)Cc2ccccc2F)oc2nc(-c3ccccc3Cl)nn12. The fourth-order valence-corrected chi connectivity index (χ4v) is 3.15. The van der Waals surface area contributed by atoms with E-state index in [1.807, 2.05) is 12.1 Å². The van der Waals surface area contributed by atoms with Gasteiger partial charge >= 0.3 is 5.84 Å². The molecule has 0 radical (unpaired) electrons. The van der Waals surface area contributed by atoms with Crippen LogP contribution in [0.15, 0.2) is 52.9 Å². The molecule has 6 nitrogen and oxygen atoms in total. The van der Waals surface area contributed by atoms with Crippen LogP contribution < -0.4 is 0 Å². The molecule has 0 bridgehead atoms. The van der Waals surface area contributed by atoms with Crippen molar-refractivity contribution in [2.24, 2.45) is 0 Å². The highest BCUT2D eigenvalue weighted by Gasteiger charge is 2.24. The van der Waals surface area contributed by atoms with Crippen LogP contribution in [0.4, 0.5) is 4.39 Å². The number of hydrogen-bond donors (Lipinski definition) is 0. The Morgan fingerprint density at radius 3 is 2.64 bits per heavy atom. The zero-order chi connectivity index (χ0) is 19.8. The first-order valence-electron chi connectivity index (χ1n) is 8.55. The monoisotopic (exact) mass is 398 g/mol. The van der Waals surface area contributed by atoms with E-state index in [1.54, 1.807) is 44.3 Å². The lowest BCUT2D eigenvalue weighted by Crippen LogP contribution is -2.27. The van der Waals surface area contributed by atoms with E-state index in [-0.39, 0.29) is 29.9 Å². The molecule has 0 aliphatic rings. The fourth-order valence-electron chi connectivity index (χ4n) is 2.93. The smallest absolute Gasteiger partial charge is 0.325 e. The molecule has 0 aliphatic carbocycles. The summed E-state index contributed by atoms with van der Waals surface area (Å²) in [6.45, 7) is 1.83. The van der Waals surface area contributed by atoms with E-state index in [9.17, 15) is 9.18 Å². The predicted octanol–water partition coefficient (Wildman–Crippen LogP) is 4.36. The number of fused-ring (bicyclic) bond motifs is 1. The summed E-state index contributed by atoms with van der Waals surface area (Å²) in [5.74, 6) is -0.0349. The Balaban J connectivity index is 1.63. The highest BCUT2D eigenvalue weighted by Crippen LogP contribution is 2.27. The second kappa shape index (κ2) is 7.09. The van der Waals surface area contributed by atoms with Gasteiger partial charge in [0.25, 0.3) is 5.91 Å². The minimum atomic E-state index is -0.382. The van der Waals surface area contributed by atoms with Crippen molar-refractivity contribution < 1.29 is 13.6 Å². The number of benzene rings is 2. The standard InChI is InChI=1S/C20H16ClFN4O2/c1-12-17(19(27)25(2)11-13-7-3-6-10-16(13)22)28-20-23-18(24-26(12)20)14-8-4-5-9-15(14)21/h3-10H,11H2,1-2H3. The molecule has 0 N–H and O–H groups in total. The summed E-state index contributed by atoms with van der Waals surface area (Å²) < 4.78 is 21.0. The zero-order valence-corrected chi connectivity index (χ0v) is 15.9. The molecule has 0 fully saturated rings. The zero-order valence-electron chi connectivity index (χ0n) is 15.2. The summed E-state index contributed by atoms with van der Waals surface area (Å²) in [7, 11) is 1.59. The number of carbonyl (C=O) groups is 1. The minimum Gasteiger partial charge on any atom is -0.416 e. The van der Waals surface area contributed by atoms with E-state index in [4.69, 9.17) is 16.0 Å². The van der Waals surface area contributed by atoms with Crippen molar-refractivity contribution >= 4 is 23.4 Å². The van der Waals surface area contributed by atoms with Gasteiger partial charge in [-0.2, -0.15) is 9.50 Å². The second-order valence-electron chi connectivity index (χ2n) is 6.38. The molecule has 2 heterocycles. The molecule has 28 heavy (non-hydrogen) atoms. The number of nitrogens with zero attached hydrogens (tertiary/aromatic N) is 4. The van der Waals surface area contributed by atoms with E-state index in [0.717, 1.165) is 0 Å². The third kappa shape index (κ3) is 3.14. The Bertz CT molecular complexity index is 1180. The molecule has 1 amide bonds. The average Bonchev–Trinajstić information content (AvgIpc) is 3.23. The Labute approximate surface area is 165 Å². The highest BCUT2D eigenvalue weighted by molar-refractivity contribution is 6.33. The van der Waals surface area contributed by atoms with Crippen LogP contribution in [0.25, 0.3) is 17.2 Å². The molecule has 0 saturated carbocycles. The molecule has 4 rings (SSSR count). The quantitative estimate of drug-likeness (QED) is 0.512. The lowest BCUT2D eigenvalue weighted by atomic mass is 10.2. The van der Waals surface area contributed by atoms with Gasteiger partial charge in [0.1, 0.15) is 5.82 Å². The van der Waals surface area contributed by atoms with Crippen molar-refractivity contribution in [1.82, 2.24) is 19.5 Å². The van der Waals surface area contributed by atoms with Gasteiger partial charge < -0.3 is 9.32 Å². The largest absolute Gasteiger partial charge is 0.416 e. The van der Waals surface area contributed by atoms with E-state index in [2.05, 4.69) is 10.1 Å². The molecule has 0 unspecified atom stereocenters. The van der Waals surface area contributed by atoms with E-state index >= 15 is 0 Å². The molecule has 0 aliphatic heterocycles. The van der Waals surface area contributed by atoms with Crippen LogP contribution in [0.1, 0.15) is 21.8 Å². The van der Waals surface area contributed by atoms with E-state index in [0.29, 0.717) is 27.7 Å². The third-order valence-electron chi connectivity index (χ3n) is 4.44. The average molecular weight is 399 g/mol. The summed E-state index contributed by atoms with van der Waals surface area (Å²) in [4.78, 5) is 18.5. The van der Waals surface area contributed by atoms with Crippen LogP contribution in [0, 0.1) is 12.7 Å². The van der Waals surface area contributed by atoms with Crippen LogP contribution in [-0.4, -0.2) is 32.5 Å². The molecule has 8 heteroatoms. The topological polar surface area (TPSA) is 63.6 Å². The number of aromatic nitrogens is 3. The van der Waals surface area contributed by atoms with Crippen molar-refractivity contribution in [3.63, 3.8) is 0 Å². The van der Waals surface area contributed by atoms with Gasteiger partial charge in [-0.1, -0.05) is 41.9 Å². The van der Waals surface area contributed by atoms with Crippen molar-refractivity contribution in [3.05, 3.63) is 76.4 Å². The predicted molar refractivity (Wildman–Crippen MR) is 103 cm³/mol. The summed E-state index contributed by atoms with van der Waals surface area (Å²) in [6, 6.07) is 13.5. The number of hydrogen-bond acceptors (Lipinski definition) is 4. The van der Waals surface area contributed by atoms with Crippen molar-refractivity contribution in [1.29, 1.82) is 0 Å². The van der Waals surface area contributed by atoms with Crippen LogP contribution in [0.2, 0.25) is 5.02 Å². The second-order valence-corrected chi connectivity index (χ2v) is 6.79. The number of rotatable bonds is 4. The van der Waals surface area contributed by atoms with Gasteiger partial charge in [-0.25, -0.2) is 4.39 Å². The molecule has 142 valence electrons. The first kappa shape index (κ1) is 18.2. The van der Waals surface area contributed by atoms with Crippen LogP contribution in [0.5, 0.6) is 0 Å². The number of halogens is 2. The molecule has 0 atom stereocenters. The maximum atomic E-state index is 13.9. The molecular formula is C20H16ClFN4O2. The molecule has 2 aromatic carbocycles. The summed E-state index contributed by atoms with van der Waals surface area (Å²) >= 11 is 6.19. The third-order valence-corrected chi connectivity index (χ3v) is 4.77. The highest BCUT2D eigenvalue weighted by atomic mass is 35.5. The van der Waals surface area contributed by atoms with Crippen molar-refractivity contribution in [2.75, 3.05) is 7.05 Å². The fraction of sp³-hybridized carbons (Fsp3) is 0.150. The molecule has 2 aromatic heterocycles. The Kier molecular flexibility index (Phi) is 4.60. The van der Waals surface area contributed by atoms with E-state index < -0.39 is 0 Å². The lowest BCUT2D eigenvalue weighted by Gasteiger charge is -2.16. The maximum Gasteiger partial charge on any atom is 0.325 e. The first-order chi connectivity index (χ1) is 13.5. The molecule has 4 aromatic rings. The molecule has 0 spiro atoms. The normalized spacial score (nSPS) is 11.1. The number of carbonyl (C=O) groups excluding carboxylic acids is 1. The van der Waals surface area contributed by atoms with Crippen LogP contribution >= 0.6 is 11.6 Å². The van der Waals surface area contributed by atoms with Crippen molar-refractivity contribution in [2.45, 2.75) is 13.5 Å². The first-order valence-corrected chi connectivity index (χ1v) is 8.93. The van der Waals surface area contributed by atoms with Crippen molar-refractivity contribution in [3.8, 4) is 11.4 Å². The lowest BCUT2D eigenvalue weighted by molar-refractivity contribution is 0.0753. The summed E-state index contributed by atoms with van der Waals surface area (Å²) in [5.41, 5.74) is 1.60. The Hall–Kier alpha value is -3.19. The van der Waals surface area contributed by atoms with Crippen LogP contribution in [-0.2, 0) is 6.54 Å². The number of oxazole rings is 1. The summed E-state index contributed by atoms with van der Waals surface area (Å²) in [6.07, 6.45) is 0.